The topological polar surface area (TPSA) is 49.4 Å². The Balaban J connectivity index is 1.92. The lowest BCUT2D eigenvalue weighted by Gasteiger charge is -2.18. The fraction of sp³-hybridized carbons (Fsp3) is 0.300. The van der Waals surface area contributed by atoms with Gasteiger partial charge in [0.15, 0.2) is 0 Å². The SMILES string of the molecule is CCc1ccccc1NC(=O)CN(C)C(=O)Cc1ccc(C(F)(F)F)cc1. The Labute approximate surface area is 156 Å². The van der Waals surface area contributed by atoms with E-state index in [4.69, 9.17) is 0 Å². The number of alkyl halides is 3. The number of rotatable bonds is 6. The first-order valence-electron chi connectivity index (χ1n) is 8.48. The van der Waals surface area contributed by atoms with Crippen molar-refractivity contribution in [2.75, 3.05) is 18.9 Å². The number of hydrogen-bond acceptors (Lipinski definition) is 2. The van der Waals surface area contributed by atoms with Gasteiger partial charge in [-0.15, -0.1) is 0 Å². The standard InChI is InChI=1S/C20H21F3N2O2/c1-3-15-6-4-5-7-17(15)24-18(26)13-25(2)19(27)12-14-8-10-16(11-9-14)20(21,22)23/h4-11H,3,12-13H2,1-2H3,(H,24,26). The molecule has 0 atom stereocenters. The van der Waals surface area contributed by atoms with Gasteiger partial charge in [-0.1, -0.05) is 37.3 Å². The molecule has 0 aromatic heterocycles. The van der Waals surface area contributed by atoms with Crippen LogP contribution in [0.5, 0.6) is 0 Å². The van der Waals surface area contributed by atoms with Gasteiger partial charge in [0.1, 0.15) is 0 Å². The number of anilines is 1. The lowest BCUT2D eigenvalue weighted by Crippen LogP contribution is -2.36. The molecule has 0 bridgehead atoms. The molecule has 2 aromatic rings. The number of likely N-dealkylation sites (N-methyl/N-ethyl adjacent to an activating group) is 1. The van der Waals surface area contributed by atoms with Crippen molar-refractivity contribution in [3.05, 3.63) is 65.2 Å². The molecule has 0 spiro atoms. The van der Waals surface area contributed by atoms with Gasteiger partial charge in [-0.25, -0.2) is 0 Å². The lowest BCUT2D eigenvalue weighted by molar-refractivity contribution is -0.137. The van der Waals surface area contributed by atoms with Crippen LogP contribution in [0.3, 0.4) is 0 Å². The summed E-state index contributed by atoms with van der Waals surface area (Å²) < 4.78 is 37.7. The lowest BCUT2D eigenvalue weighted by atomic mass is 10.1. The van der Waals surface area contributed by atoms with Crippen LogP contribution < -0.4 is 5.32 Å². The van der Waals surface area contributed by atoms with E-state index < -0.39 is 11.7 Å². The molecular weight excluding hydrogens is 357 g/mol. The number of amides is 2. The summed E-state index contributed by atoms with van der Waals surface area (Å²) in [6.45, 7) is 1.84. The number of benzene rings is 2. The second-order valence-electron chi connectivity index (χ2n) is 6.18. The second kappa shape index (κ2) is 8.70. The minimum atomic E-state index is -4.41. The molecule has 0 saturated heterocycles. The molecule has 1 N–H and O–H groups in total. The smallest absolute Gasteiger partial charge is 0.336 e. The van der Waals surface area contributed by atoms with Crippen molar-refractivity contribution in [3.8, 4) is 0 Å². The number of hydrogen-bond donors (Lipinski definition) is 1. The first-order valence-corrected chi connectivity index (χ1v) is 8.48. The normalized spacial score (nSPS) is 11.1. The van der Waals surface area contributed by atoms with Crippen molar-refractivity contribution in [2.24, 2.45) is 0 Å². The maximum absolute atomic E-state index is 12.6. The maximum atomic E-state index is 12.6. The molecule has 27 heavy (non-hydrogen) atoms. The summed E-state index contributed by atoms with van der Waals surface area (Å²) in [5.41, 5.74) is 1.38. The van der Waals surface area contributed by atoms with Crippen LogP contribution in [0.15, 0.2) is 48.5 Å². The first kappa shape index (κ1) is 20.5. The van der Waals surface area contributed by atoms with E-state index in [0.29, 0.717) is 11.3 Å². The predicted octanol–water partition coefficient (Wildman–Crippen LogP) is 3.91. The summed E-state index contributed by atoms with van der Waals surface area (Å²) >= 11 is 0. The molecule has 0 aliphatic rings. The highest BCUT2D eigenvalue weighted by Gasteiger charge is 2.30. The van der Waals surface area contributed by atoms with Crippen LogP contribution in [0.25, 0.3) is 0 Å². The fourth-order valence-corrected chi connectivity index (χ4v) is 2.57. The zero-order chi connectivity index (χ0) is 20.0. The zero-order valence-electron chi connectivity index (χ0n) is 15.1. The molecule has 2 aromatic carbocycles. The molecule has 144 valence electrons. The summed E-state index contributed by atoms with van der Waals surface area (Å²) in [5, 5.41) is 2.78. The van der Waals surface area contributed by atoms with E-state index in [1.165, 1.54) is 24.1 Å². The maximum Gasteiger partial charge on any atom is 0.416 e. The molecule has 0 unspecified atom stereocenters. The van der Waals surface area contributed by atoms with Crippen LogP contribution in [0, 0.1) is 0 Å². The summed E-state index contributed by atoms with van der Waals surface area (Å²) in [6, 6.07) is 11.8. The monoisotopic (exact) mass is 378 g/mol. The van der Waals surface area contributed by atoms with Gasteiger partial charge >= 0.3 is 6.18 Å². The predicted molar refractivity (Wildman–Crippen MR) is 97.2 cm³/mol. The summed E-state index contributed by atoms with van der Waals surface area (Å²) in [6.07, 6.45) is -3.72. The van der Waals surface area contributed by atoms with Crippen molar-refractivity contribution >= 4 is 17.5 Å². The Bertz CT molecular complexity index is 802. The Morgan fingerprint density at radius 1 is 1.04 bits per heavy atom. The number of halogens is 3. The number of carbonyl (C=O) groups excluding carboxylic acids is 2. The Morgan fingerprint density at radius 2 is 1.67 bits per heavy atom. The van der Waals surface area contributed by atoms with Crippen LogP contribution in [0.2, 0.25) is 0 Å². The molecule has 0 radical (unpaired) electrons. The van der Waals surface area contributed by atoms with Crippen molar-refractivity contribution in [2.45, 2.75) is 25.9 Å². The molecular formula is C20H21F3N2O2. The van der Waals surface area contributed by atoms with Crippen LogP contribution in [0.1, 0.15) is 23.6 Å². The average Bonchev–Trinajstić information content (AvgIpc) is 2.61. The number of para-hydroxylation sites is 1. The third-order valence-corrected chi connectivity index (χ3v) is 4.12. The Hall–Kier alpha value is -2.83. The van der Waals surface area contributed by atoms with Crippen LogP contribution in [-0.4, -0.2) is 30.3 Å². The van der Waals surface area contributed by atoms with E-state index in [9.17, 15) is 22.8 Å². The Kier molecular flexibility index (Phi) is 6.60. The van der Waals surface area contributed by atoms with E-state index in [0.717, 1.165) is 24.1 Å². The molecule has 0 heterocycles. The van der Waals surface area contributed by atoms with Gasteiger partial charge in [-0.05, 0) is 35.7 Å². The highest BCUT2D eigenvalue weighted by Crippen LogP contribution is 2.29. The van der Waals surface area contributed by atoms with E-state index in [2.05, 4.69) is 5.32 Å². The molecule has 7 heteroatoms. The minimum absolute atomic E-state index is 0.0759. The molecule has 0 aliphatic heterocycles. The van der Waals surface area contributed by atoms with Crippen LogP contribution in [0.4, 0.5) is 18.9 Å². The molecule has 0 saturated carbocycles. The molecule has 0 fully saturated rings. The van der Waals surface area contributed by atoms with Crippen molar-refractivity contribution < 1.29 is 22.8 Å². The third-order valence-electron chi connectivity index (χ3n) is 4.12. The highest BCUT2D eigenvalue weighted by molar-refractivity contribution is 5.95. The minimum Gasteiger partial charge on any atom is -0.336 e. The number of nitrogens with one attached hydrogen (secondary N) is 1. The second-order valence-corrected chi connectivity index (χ2v) is 6.18. The number of nitrogens with zero attached hydrogens (tertiary/aromatic N) is 1. The fourth-order valence-electron chi connectivity index (χ4n) is 2.57. The molecule has 2 amide bonds. The summed E-state index contributed by atoms with van der Waals surface area (Å²) in [7, 11) is 1.48. The van der Waals surface area contributed by atoms with E-state index >= 15 is 0 Å². The van der Waals surface area contributed by atoms with Crippen LogP contribution >= 0.6 is 0 Å². The molecule has 4 nitrogen and oxygen atoms in total. The average molecular weight is 378 g/mol. The molecule has 2 rings (SSSR count). The van der Waals surface area contributed by atoms with Crippen molar-refractivity contribution in [1.82, 2.24) is 4.90 Å². The van der Waals surface area contributed by atoms with Gasteiger partial charge < -0.3 is 10.2 Å². The van der Waals surface area contributed by atoms with Crippen molar-refractivity contribution in [1.29, 1.82) is 0 Å². The Morgan fingerprint density at radius 3 is 2.26 bits per heavy atom. The van der Waals surface area contributed by atoms with Gasteiger partial charge in [0, 0.05) is 12.7 Å². The van der Waals surface area contributed by atoms with Gasteiger partial charge in [0.25, 0.3) is 0 Å². The largest absolute Gasteiger partial charge is 0.416 e. The van der Waals surface area contributed by atoms with Crippen LogP contribution in [-0.2, 0) is 28.6 Å². The number of aryl methyl sites for hydroxylation is 1. The van der Waals surface area contributed by atoms with Gasteiger partial charge in [0.2, 0.25) is 11.8 Å². The number of carbonyl (C=O) groups is 2. The van der Waals surface area contributed by atoms with Gasteiger partial charge in [-0.2, -0.15) is 13.2 Å². The first-order chi connectivity index (χ1) is 12.7. The van der Waals surface area contributed by atoms with Gasteiger partial charge in [0.05, 0.1) is 18.5 Å². The van der Waals surface area contributed by atoms with Gasteiger partial charge in [-0.3, -0.25) is 9.59 Å². The van der Waals surface area contributed by atoms with Crippen molar-refractivity contribution in [3.63, 3.8) is 0 Å². The molecule has 0 aliphatic carbocycles. The van der Waals surface area contributed by atoms with E-state index in [1.54, 1.807) is 6.07 Å². The summed E-state index contributed by atoms with van der Waals surface area (Å²) in [4.78, 5) is 25.7. The third kappa shape index (κ3) is 5.84. The summed E-state index contributed by atoms with van der Waals surface area (Å²) in [5.74, 6) is -0.687. The zero-order valence-corrected chi connectivity index (χ0v) is 15.1. The highest BCUT2D eigenvalue weighted by atomic mass is 19.4. The quantitative estimate of drug-likeness (QED) is 0.829. The van der Waals surface area contributed by atoms with E-state index in [1.807, 2.05) is 25.1 Å². The van der Waals surface area contributed by atoms with E-state index in [-0.39, 0.29) is 24.8 Å².